The second kappa shape index (κ2) is 11.1. The van der Waals surface area contributed by atoms with Gasteiger partial charge in [-0.2, -0.15) is 0 Å². The van der Waals surface area contributed by atoms with Crippen LogP contribution in [-0.2, 0) is 16.2 Å². The SMILES string of the molecule is O=C(CC1CCOCC1)NCCC(C1=CCC=C(F)C=C1)c1ccc(CF)cc1. The first kappa shape index (κ1) is 21.4. The Kier molecular flexibility index (Phi) is 8.17. The highest BCUT2D eigenvalue weighted by molar-refractivity contribution is 5.76. The molecular formula is C24H29F2NO2. The summed E-state index contributed by atoms with van der Waals surface area (Å²) in [5.74, 6) is 0.242. The van der Waals surface area contributed by atoms with Crippen molar-refractivity contribution >= 4 is 5.91 Å². The van der Waals surface area contributed by atoms with Crippen molar-refractivity contribution in [3.8, 4) is 0 Å². The van der Waals surface area contributed by atoms with Crippen LogP contribution in [0.1, 0.15) is 49.1 Å². The van der Waals surface area contributed by atoms with Gasteiger partial charge in [0.05, 0.1) is 0 Å². The van der Waals surface area contributed by atoms with Crippen LogP contribution >= 0.6 is 0 Å². The summed E-state index contributed by atoms with van der Waals surface area (Å²) in [6.45, 7) is 1.52. The molecule has 2 aliphatic rings. The number of nitrogens with one attached hydrogen (secondary N) is 1. The van der Waals surface area contributed by atoms with Gasteiger partial charge >= 0.3 is 0 Å². The van der Waals surface area contributed by atoms with E-state index in [9.17, 15) is 13.6 Å². The third kappa shape index (κ3) is 6.64. The number of hydrogen-bond acceptors (Lipinski definition) is 2. The van der Waals surface area contributed by atoms with Gasteiger partial charge in [-0.05, 0) is 60.5 Å². The number of ether oxygens (including phenoxy) is 1. The molecule has 0 saturated carbocycles. The van der Waals surface area contributed by atoms with E-state index in [0.717, 1.165) is 37.2 Å². The lowest BCUT2D eigenvalue weighted by molar-refractivity contribution is -0.122. The van der Waals surface area contributed by atoms with Gasteiger partial charge < -0.3 is 10.1 Å². The summed E-state index contributed by atoms with van der Waals surface area (Å²) in [4.78, 5) is 12.3. The summed E-state index contributed by atoms with van der Waals surface area (Å²) in [7, 11) is 0. The van der Waals surface area contributed by atoms with E-state index in [0.29, 0.717) is 37.3 Å². The molecule has 0 spiro atoms. The first-order valence-electron chi connectivity index (χ1n) is 10.4. The lowest BCUT2D eigenvalue weighted by Gasteiger charge is -2.22. The quantitative estimate of drug-likeness (QED) is 0.642. The number of carbonyl (C=O) groups is 1. The zero-order valence-electron chi connectivity index (χ0n) is 16.7. The molecule has 1 aromatic rings. The molecule has 1 aliphatic carbocycles. The average Bonchev–Trinajstić information content (AvgIpc) is 2.96. The molecular weight excluding hydrogens is 372 g/mol. The molecule has 1 atom stereocenters. The van der Waals surface area contributed by atoms with Crippen LogP contribution < -0.4 is 5.32 Å². The van der Waals surface area contributed by atoms with Crippen molar-refractivity contribution in [1.82, 2.24) is 5.32 Å². The summed E-state index contributed by atoms with van der Waals surface area (Å²) < 4.78 is 31.8. The number of allylic oxidation sites excluding steroid dienone is 6. The Labute approximate surface area is 171 Å². The van der Waals surface area contributed by atoms with E-state index < -0.39 is 6.67 Å². The number of hydrogen-bond donors (Lipinski definition) is 1. The highest BCUT2D eigenvalue weighted by atomic mass is 19.1. The summed E-state index contributed by atoms with van der Waals surface area (Å²) in [6, 6.07) is 7.41. The monoisotopic (exact) mass is 401 g/mol. The molecule has 1 heterocycles. The maximum absolute atomic E-state index is 13.6. The van der Waals surface area contributed by atoms with Crippen molar-refractivity contribution in [2.45, 2.75) is 44.7 Å². The Hall–Kier alpha value is -2.27. The number of rotatable bonds is 8. The highest BCUT2D eigenvalue weighted by Gasteiger charge is 2.19. The van der Waals surface area contributed by atoms with Crippen LogP contribution in [0.4, 0.5) is 8.78 Å². The van der Waals surface area contributed by atoms with E-state index in [-0.39, 0.29) is 17.7 Å². The number of alkyl halides is 1. The van der Waals surface area contributed by atoms with Crippen molar-refractivity contribution in [2.24, 2.45) is 5.92 Å². The molecule has 5 heteroatoms. The fraction of sp³-hybridized carbons (Fsp3) is 0.458. The largest absolute Gasteiger partial charge is 0.381 e. The van der Waals surface area contributed by atoms with Crippen LogP contribution in [-0.4, -0.2) is 25.7 Å². The molecule has 1 unspecified atom stereocenters. The molecule has 156 valence electrons. The van der Waals surface area contributed by atoms with Gasteiger partial charge in [-0.1, -0.05) is 36.4 Å². The Bertz CT molecular complexity index is 762. The van der Waals surface area contributed by atoms with Gasteiger partial charge in [0.15, 0.2) is 0 Å². The van der Waals surface area contributed by atoms with E-state index in [1.807, 2.05) is 18.2 Å². The Balaban J connectivity index is 1.62. The van der Waals surface area contributed by atoms with Gasteiger partial charge in [-0.25, -0.2) is 8.78 Å². The van der Waals surface area contributed by atoms with E-state index in [4.69, 9.17) is 4.74 Å². The van der Waals surface area contributed by atoms with Crippen molar-refractivity contribution in [1.29, 1.82) is 0 Å². The molecule has 0 bridgehead atoms. The molecule has 1 fully saturated rings. The maximum Gasteiger partial charge on any atom is 0.220 e. The highest BCUT2D eigenvalue weighted by Crippen LogP contribution is 2.31. The normalized spacial score (nSPS) is 18.6. The summed E-state index contributed by atoms with van der Waals surface area (Å²) in [5, 5.41) is 3.04. The Morgan fingerprint density at radius 2 is 1.90 bits per heavy atom. The van der Waals surface area contributed by atoms with Crippen LogP contribution in [0.5, 0.6) is 0 Å². The predicted molar refractivity (Wildman–Crippen MR) is 111 cm³/mol. The molecule has 29 heavy (non-hydrogen) atoms. The zero-order valence-corrected chi connectivity index (χ0v) is 16.7. The first-order chi connectivity index (χ1) is 14.2. The van der Waals surface area contributed by atoms with Gasteiger partial charge in [0.1, 0.15) is 12.5 Å². The fourth-order valence-corrected chi connectivity index (χ4v) is 3.88. The topological polar surface area (TPSA) is 38.3 Å². The average molecular weight is 401 g/mol. The van der Waals surface area contributed by atoms with E-state index in [2.05, 4.69) is 5.32 Å². The van der Waals surface area contributed by atoms with Crippen LogP contribution in [0.3, 0.4) is 0 Å². The summed E-state index contributed by atoms with van der Waals surface area (Å²) in [5.41, 5.74) is 2.69. The number of amides is 1. The molecule has 1 aliphatic heterocycles. The van der Waals surface area contributed by atoms with Gasteiger partial charge in [-0.15, -0.1) is 0 Å². The van der Waals surface area contributed by atoms with Gasteiger partial charge in [0.2, 0.25) is 5.91 Å². The van der Waals surface area contributed by atoms with Crippen LogP contribution in [0, 0.1) is 5.92 Å². The van der Waals surface area contributed by atoms with Gasteiger partial charge in [-0.3, -0.25) is 4.79 Å². The fourth-order valence-electron chi connectivity index (χ4n) is 3.88. The van der Waals surface area contributed by atoms with Crippen molar-refractivity contribution in [3.05, 3.63) is 71.1 Å². The Morgan fingerprint density at radius 1 is 1.14 bits per heavy atom. The molecule has 1 amide bonds. The molecule has 1 N–H and O–H groups in total. The zero-order chi connectivity index (χ0) is 20.5. The summed E-state index contributed by atoms with van der Waals surface area (Å²) in [6.07, 6.45) is 10.5. The molecule has 3 nitrogen and oxygen atoms in total. The molecule has 3 rings (SSSR count). The standard InChI is InChI=1S/C24H29F2NO2/c25-17-19-4-6-21(7-5-19)23(20-2-1-3-22(26)9-8-20)10-13-27-24(28)16-18-11-14-29-15-12-18/h2-9,18,23H,1,10-17H2,(H,27,28). The molecule has 1 saturated heterocycles. The Morgan fingerprint density at radius 3 is 2.62 bits per heavy atom. The smallest absolute Gasteiger partial charge is 0.220 e. The molecule has 0 aromatic heterocycles. The van der Waals surface area contributed by atoms with Crippen molar-refractivity contribution in [2.75, 3.05) is 19.8 Å². The molecule has 0 radical (unpaired) electrons. The minimum Gasteiger partial charge on any atom is -0.381 e. The first-order valence-corrected chi connectivity index (χ1v) is 10.4. The minimum atomic E-state index is -0.495. The van der Waals surface area contributed by atoms with Crippen LogP contribution in [0.15, 0.2) is 60.0 Å². The number of benzene rings is 1. The van der Waals surface area contributed by atoms with Crippen LogP contribution in [0.25, 0.3) is 0 Å². The van der Waals surface area contributed by atoms with E-state index in [1.165, 1.54) is 6.08 Å². The third-order valence-corrected chi connectivity index (χ3v) is 5.61. The lowest BCUT2D eigenvalue weighted by Crippen LogP contribution is -2.29. The lowest BCUT2D eigenvalue weighted by atomic mass is 9.87. The van der Waals surface area contributed by atoms with Crippen molar-refractivity contribution in [3.63, 3.8) is 0 Å². The number of halogens is 2. The van der Waals surface area contributed by atoms with E-state index >= 15 is 0 Å². The predicted octanol–water partition coefficient (Wildman–Crippen LogP) is 5.30. The maximum atomic E-state index is 13.6. The second-order valence-electron chi connectivity index (χ2n) is 7.69. The third-order valence-electron chi connectivity index (χ3n) is 5.61. The minimum absolute atomic E-state index is 0.0163. The van der Waals surface area contributed by atoms with Gasteiger partial charge in [0.25, 0.3) is 0 Å². The van der Waals surface area contributed by atoms with Crippen molar-refractivity contribution < 1.29 is 18.3 Å². The van der Waals surface area contributed by atoms with E-state index in [1.54, 1.807) is 24.3 Å². The molecule has 1 aromatic carbocycles. The van der Waals surface area contributed by atoms with Crippen LogP contribution in [0.2, 0.25) is 0 Å². The van der Waals surface area contributed by atoms with Gasteiger partial charge in [0, 0.05) is 32.1 Å². The number of carbonyl (C=O) groups excluding carboxylic acids is 1. The summed E-state index contributed by atoms with van der Waals surface area (Å²) >= 11 is 0. The second-order valence-corrected chi connectivity index (χ2v) is 7.69.